The van der Waals surface area contributed by atoms with E-state index in [0.29, 0.717) is 6.67 Å². The first-order valence-corrected chi connectivity index (χ1v) is 5.60. The van der Waals surface area contributed by atoms with Crippen LogP contribution in [0.1, 0.15) is 0 Å². The summed E-state index contributed by atoms with van der Waals surface area (Å²) >= 11 is 0. The highest BCUT2D eigenvalue weighted by molar-refractivity contribution is 5.82. The molecule has 0 bridgehead atoms. The molecule has 0 aliphatic carbocycles. The average molecular weight is 243 g/mol. The molecule has 1 aliphatic heterocycles. The lowest BCUT2D eigenvalue weighted by Gasteiger charge is -2.09. The first-order chi connectivity index (χ1) is 8.86. The van der Waals surface area contributed by atoms with Gasteiger partial charge in [0.15, 0.2) is 11.6 Å². The molecule has 6 nitrogen and oxygen atoms in total. The molecule has 3 N–H and O–H groups in total. The van der Waals surface area contributed by atoms with Gasteiger partial charge in [0.1, 0.15) is 17.8 Å². The summed E-state index contributed by atoms with van der Waals surface area (Å²) in [6.07, 6.45) is 1.53. The van der Waals surface area contributed by atoms with E-state index in [9.17, 15) is 0 Å². The average Bonchev–Trinajstić information content (AvgIpc) is 2.88. The van der Waals surface area contributed by atoms with E-state index in [1.807, 2.05) is 24.3 Å². The van der Waals surface area contributed by atoms with E-state index in [0.717, 1.165) is 28.8 Å². The molecule has 0 saturated heterocycles. The highest BCUT2D eigenvalue weighted by Gasteiger charge is 2.15. The third-order valence-corrected chi connectivity index (χ3v) is 2.70. The van der Waals surface area contributed by atoms with Gasteiger partial charge >= 0.3 is 0 Å². The molecule has 6 heteroatoms. The summed E-state index contributed by atoms with van der Waals surface area (Å²) in [7, 11) is 1.65. The van der Waals surface area contributed by atoms with Gasteiger partial charge in [0, 0.05) is 11.8 Å². The van der Waals surface area contributed by atoms with Gasteiger partial charge in [-0.1, -0.05) is 6.07 Å². The van der Waals surface area contributed by atoms with Crippen LogP contribution in [-0.2, 0) is 0 Å². The van der Waals surface area contributed by atoms with E-state index in [1.54, 1.807) is 7.11 Å². The molecule has 0 spiro atoms. The zero-order valence-corrected chi connectivity index (χ0v) is 9.90. The van der Waals surface area contributed by atoms with Gasteiger partial charge in [0.2, 0.25) is 0 Å². The third-order valence-electron chi connectivity index (χ3n) is 2.70. The molecule has 0 atom stereocenters. The van der Waals surface area contributed by atoms with Gasteiger partial charge in [-0.25, -0.2) is 9.97 Å². The monoisotopic (exact) mass is 243 g/mol. The van der Waals surface area contributed by atoms with Crippen LogP contribution in [0.15, 0.2) is 30.6 Å². The number of benzene rings is 1. The summed E-state index contributed by atoms with van der Waals surface area (Å²) in [6, 6.07) is 7.69. The van der Waals surface area contributed by atoms with Crippen LogP contribution in [0.3, 0.4) is 0 Å². The number of nitrogens with zero attached hydrogens (tertiary/aromatic N) is 2. The van der Waals surface area contributed by atoms with Gasteiger partial charge in [0.25, 0.3) is 0 Å². The van der Waals surface area contributed by atoms with E-state index >= 15 is 0 Å². The molecule has 0 saturated carbocycles. The molecule has 92 valence electrons. The molecule has 0 fully saturated rings. The van der Waals surface area contributed by atoms with Gasteiger partial charge in [-0.15, -0.1) is 0 Å². The number of nitrogens with one attached hydrogen (secondary N) is 3. The predicted molar refractivity (Wildman–Crippen MR) is 70.4 cm³/mol. The lowest BCUT2D eigenvalue weighted by atomic mass is 10.3. The second-order valence-corrected chi connectivity index (χ2v) is 3.83. The second-order valence-electron chi connectivity index (χ2n) is 3.83. The van der Waals surface area contributed by atoms with E-state index < -0.39 is 0 Å². The summed E-state index contributed by atoms with van der Waals surface area (Å²) in [6.45, 7) is 0.667. The molecule has 1 aromatic heterocycles. The van der Waals surface area contributed by atoms with E-state index in [1.165, 1.54) is 6.33 Å². The third kappa shape index (κ3) is 1.88. The molecule has 2 heterocycles. The summed E-state index contributed by atoms with van der Waals surface area (Å²) in [5.74, 6) is 2.37. The van der Waals surface area contributed by atoms with Crippen LogP contribution in [0.5, 0.6) is 5.75 Å². The lowest BCUT2D eigenvalue weighted by Crippen LogP contribution is -2.01. The molecule has 3 rings (SSSR count). The Balaban J connectivity index is 1.90. The molecular formula is C12H13N5O. The molecular weight excluding hydrogens is 230 g/mol. The highest BCUT2D eigenvalue weighted by Crippen LogP contribution is 2.32. The maximum absolute atomic E-state index is 5.18. The van der Waals surface area contributed by atoms with Gasteiger partial charge in [-0.2, -0.15) is 0 Å². The Hall–Kier alpha value is -2.50. The molecule has 2 aromatic rings. The minimum Gasteiger partial charge on any atom is -0.497 e. The highest BCUT2D eigenvalue weighted by atomic mass is 16.5. The quantitative estimate of drug-likeness (QED) is 0.766. The Kier molecular flexibility index (Phi) is 2.60. The standard InChI is InChI=1S/C12H13N5O/c1-18-9-4-2-3-8(5-9)17-12-10-11(14-6-13-10)15-7-16-12/h2-5,7,13H,6H2,1H3,(H2,14,15,16,17). The van der Waals surface area contributed by atoms with Crippen LogP contribution in [-0.4, -0.2) is 23.7 Å². The number of aromatic nitrogens is 2. The summed E-state index contributed by atoms with van der Waals surface area (Å²) < 4.78 is 5.18. The fourth-order valence-corrected chi connectivity index (χ4v) is 1.84. The molecule has 0 radical (unpaired) electrons. The zero-order valence-electron chi connectivity index (χ0n) is 9.90. The SMILES string of the molecule is COc1cccc(Nc2ncnc3c2NCN3)c1. The number of ether oxygens (including phenoxy) is 1. The van der Waals surface area contributed by atoms with Crippen LogP contribution >= 0.6 is 0 Å². The van der Waals surface area contributed by atoms with Crippen LogP contribution < -0.4 is 20.7 Å². The summed E-state index contributed by atoms with van der Waals surface area (Å²) in [4.78, 5) is 8.38. The van der Waals surface area contributed by atoms with Crippen LogP contribution in [0, 0.1) is 0 Å². The Bertz CT molecular complexity index is 572. The van der Waals surface area contributed by atoms with Crippen molar-refractivity contribution in [2.45, 2.75) is 0 Å². The number of methoxy groups -OCH3 is 1. The van der Waals surface area contributed by atoms with Crippen LogP contribution in [0.25, 0.3) is 0 Å². The number of fused-ring (bicyclic) bond motifs is 1. The van der Waals surface area contributed by atoms with Crippen molar-refractivity contribution in [2.24, 2.45) is 0 Å². The van der Waals surface area contributed by atoms with Gasteiger partial charge in [-0.3, -0.25) is 0 Å². The smallest absolute Gasteiger partial charge is 0.159 e. The zero-order chi connectivity index (χ0) is 12.4. The fraction of sp³-hybridized carbons (Fsp3) is 0.167. The molecule has 0 amide bonds. The van der Waals surface area contributed by atoms with Crippen LogP contribution in [0.2, 0.25) is 0 Å². The Morgan fingerprint density at radius 1 is 1.28 bits per heavy atom. The predicted octanol–water partition coefficient (Wildman–Crippen LogP) is 2.02. The molecule has 1 aliphatic rings. The van der Waals surface area contributed by atoms with E-state index in [-0.39, 0.29) is 0 Å². The Morgan fingerprint density at radius 3 is 3.11 bits per heavy atom. The van der Waals surface area contributed by atoms with Crippen molar-refractivity contribution in [1.82, 2.24) is 9.97 Å². The first kappa shape index (κ1) is 10.6. The van der Waals surface area contributed by atoms with Gasteiger partial charge < -0.3 is 20.7 Å². The minimum absolute atomic E-state index is 0.667. The van der Waals surface area contributed by atoms with Crippen molar-refractivity contribution in [3.63, 3.8) is 0 Å². The van der Waals surface area contributed by atoms with Crippen molar-refractivity contribution in [1.29, 1.82) is 0 Å². The molecule has 18 heavy (non-hydrogen) atoms. The van der Waals surface area contributed by atoms with E-state index in [4.69, 9.17) is 4.74 Å². The maximum atomic E-state index is 5.18. The Labute approximate surface area is 104 Å². The van der Waals surface area contributed by atoms with Crippen LogP contribution in [0.4, 0.5) is 23.0 Å². The maximum Gasteiger partial charge on any atom is 0.159 e. The Morgan fingerprint density at radius 2 is 2.22 bits per heavy atom. The van der Waals surface area contributed by atoms with E-state index in [2.05, 4.69) is 25.9 Å². The topological polar surface area (TPSA) is 71.1 Å². The number of hydrogen-bond donors (Lipinski definition) is 3. The van der Waals surface area contributed by atoms with Gasteiger partial charge in [-0.05, 0) is 12.1 Å². The summed E-state index contributed by atoms with van der Waals surface area (Å²) in [5, 5.41) is 9.55. The number of rotatable bonds is 3. The minimum atomic E-state index is 0.667. The van der Waals surface area contributed by atoms with Gasteiger partial charge in [0.05, 0.1) is 13.8 Å². The summed E-state index contributed by atoms with van der Waals surface area (Å²) in [5.41, 5.74) is 1.81. The normalized spacial score (nSPS) is 12.3. The van der Waals surface area contributed by atoms with Crippen molar-refractivity contribution >= 4 is 23.0 Å². The second kappa shape index (κ2) is 4.40. The number of hydrogen-bond acceptors (Lipinski definition) is 6. The van der Waals surface area contributed by atoms with Crippen molar-refractivity contribution < 1.29 is 4.74 Å². The fourth-order valence-electron chi connectivity index (χ4n) is 1.84. The lowest BCUT2D eigenvalue weighted by molar-refractivity contribution is 0.415. The molecule has 1 aromatic carbocycles. The molecule has 0 unspecified atom stereocenters. The van der Waals surface area contributed by atoms with Crippen molar-refractivity contribution in [3.8, 4) is 5.75 Å². The first-order valence-electron chi connectivity index (χ1n) is 5.60. The largest absolute Gasteiger partial charge is 0.497 e. The van der Waals surface area contributed by atoms with Crippen molar-refractivity contribution in [3.05, 3.63) is 30.6 Å². The number of anilines is 4. The van der Waals surface area contributed by atoms with Crippen molar-refractivity contribution in [2.75, 3.05) is 29.7 Å².